The van der Waals surface area contributed by atoms with Crippen molar-refractivity contribution in [3.8, 4) is 0 Å². The Labute approximate surface area is 126 Å². The second kappa shape index (κ2) is 6.83. The lowest BCUT2D eigenvalue weighted by molar-refractivity contribution is -0.128. The molecule has 114 valence electrons. The first-order valence-corrected chi connectivity index (χ1v) is 7.86. The molecule has 1 amide bonds. The van der Waals surface area contributed by atoms with E-state index in [1.165, 1.54) is 0 Å². The Balaban J connectivity index is 1.87. The number of amides is 1. The smallest absolute Gasteiger partial charge is 0.233 e. The highest BCUT2D eigenvalue weighted by atomic mass is 32.1. The molecule has 1 unspecified atom stereocenters. The Hall–Kier alpha value is -0.720. The molecule has 2 rings (SSSR count). The molecule has 2 fully saturated rings. The van der Waals surface area contributed by atoms with E-state index in [2.05, 4.69) is 10.2 Å². The Morgan fingerprint density at radius 2 is 2.00 bits per heavy atom. The third kappa shape index (κ3) is 3.48. The summed E-state index contributed by atoms with van der Waals surface area (Å²) >= 11 is 5.15. The molecule has 1 saturated carbocycles. The SMILES string of the molecule is CC(CN1CCOCC1)NC(=O)C1(C(N)=S)CCCC1. The van der Waals surface area contributed by atoms with Gasteiger partial charge in [-0.25, -0.2) is 0 Å². The fourth-order valence-corrected chi connectivity index (χ4v) is 3.44. The van der Waals surface area contributed by atoms with Crippen molar-refractivity contribution in [2.45, 2.75) is 38.6 Å². The normalized spacial score (nSPS) is 24.2. The monoisotopic (exact) mass is 299 g/mol. The quantitative estimate of drug-likeness (QED) is 0.730. The fourth-order valence-electron chi connectivity index (χ4n) is 3.14. The molecule has 0 spiro atoms. The van der Waals surface area contributed by atoms with Crippen LogP contribution >= 0.6 is 12.2 Å². The van der Waals surface area contributed by atoms with Gasteiger partial charge in [-0.15, -0.1) is 0 Å². The Morgan fingerprint density at radius 1 is 1.40 bits per heavy atom. The number of carbonyl (C=O) groups is 1. The highest BCUT2D eigenvalue weighted by Crippen LogP contribution is 2.38. The zero-order chi connectivity index (χ0) is 14.6. The molecule has 0 bridgehead atoms. The number of morpholine rings is 1. The van der Waals surface area contributed by atoms with Gasteiger partial charge < -0.3 is 15.8 Å². The molecule has 0 aromatic carbocycles. The van der Waals surface area contributed by atoms with Gasteiger partial charge in [0, 0.05) is 25.7 Å². The molecule has 1 heterocycles. The van der Waals surface area contributed by atoms with E-state index >= 15 is 0 Å². The van der Waals surface area contributed by atoms with Crippen molar-refractivity contribution in [1.29, 1.82) is 0 Å². The summed E-state index contributed by atoms with van der Waals surface area (Å²) in [4.78, 5) is 15.2. The van der Waals surface area contributed by atoms with Crippen molar-refractivity contribution >= 4 is 23.1 Å². The van der Waals surface area contributed by atoms with Crippen LogP contribution in [0, 0.1) is 5.41 Å². The van der Waals surface area contributed by atoms with E-state index in [0.717, 1.165) is 58.5 Å². The number of ether oxygens (including phenoxy) is 1. The molecule has 1 atom stereocenters. The van der Waals surface area contributed by atoms with Crippen LogP contribution in [0.5, 0.6) is 0 Å². The lowest BCUT2D eigenvalue weighted by Gasteiger charge is -2.32. The summed E-state index contributed by atoms with van der Waals surface area (Å²) in [5.74, 6) is 0.0169. The molecule has 6 heteroatoms. The number of rotatable bonds is 5. The summed E-state index contributed by atoms with van der Waals surface area (Å²) in [5.41, 5.74) is 5.23. The van der Waals surface area contributed by atoms with Gasteiger partial charge in [0.25, 0.3) is 0 Å². The molecule has 0 radical (unpaired) electrons. The lowest BCUT2D eigenvalue weighted by Crippen LogP contribution is -2.52. The topological polar surface area (TPSA) is 67.6 Å². The highest BCUT2D eigenvalue weighted by molar-refractivity contribution is 7.80. The van der Waals surface area contributed by atoms with Gasteiger partial charge in [-0.05, 0) is 19.8 Å². The first-order valence-electron chi connectivity index (χ1n) is 7.45. The average Bonchev–Trinajstić information content (AvgIpc) is 2.90. The second-order valence-corrected chi connectivity index (χ2v) is 6.38. The van der Waals surface area contributed by atoms with Gasteiger partial charge in [0.2, 0.25) is 5.91 Å². The number of nitrogens with two attached hydrogens (primary N) is 1. The third-order valence-electron chi connectivity index (χ3n) is 4.38. The largest absolute Gasteiger partial charge is 0.392 e. The third-order valence-corrected chi connectivity index (χ3v) is 4.77. The standard InChI is InChI=1S/C14H25N3O2S/c1-11(10-17-6-8-19-9-7-17)16-13(18)14(12(15)20)4-2-3-5-14/h11H,2-10H2,1H3,(H2,15,20)(H,16,18). The van der Waals surface area contributed by atoms with Gasteiger partial charge in [0.15, 0.2) is 0 Å². The van der Waals surface area contributed by atoms with Crippen LogP contribution in [0.25, 0.3) is 0 Å². The van der Waals surface area contributed by atoms with E-state index < -0.39 is 5.41 Å². The Kier molecular flexibility index (Phi) is 5.35. The number of nitrogens with one attached hydrogen (secondary N) is 1. The zero-order valence-corrected chi connectivity index (χ0v) is 13.0. The first kappa shape index (κ1) is 15.7. The molecular formula is C14H25N3O2S. The van der Waals surface area contributed by atoms with Crippen LogP contribution in [0.2, 0.25) is 0 Å². The van der Waals surface area contributed by atoms with Gasteiger partial charge in [0.05, 0.1) is 23.6 Å². The number of hydrogen-bond donors (Lipinski definition) is 2. The molecule has 0 aromatic heterocycles. The van der Waals surface area contributed by atoms with E-state index in [9.17, 15) is 4.79 Å². The minimum atomic E-state index is -0.603. The van der Waals surface area contributed by atoms with Gasteiger partial charge in [-0.3, -0.25) is 9.69 Å². The van der Waals surface area contributed by atoms with Gasteiger partial charge in [-0.1, -0.05) is 25.1 Å². The summed E-state index contributed by atoms with van der Waals surface area (Å²) in [6, 6.07) is 0.104. The summed E-state index contributed by atoms with van der Waals surface area (Å²) in [5, 5.41) is 3.10. The molecule has 20 heavy (non-hydrogen) atoms. The Morgan fingerprint density at radius 3 is 2.55 bits per heavy atom. The molecule has 2 aliphatic rings. The summed E-state index contributed by atoms with van der Waals surface area (Å²) in [6.07, 6.45) is 3.64. The van der Waals surface area contributed by atoms with Crippen molar-refractivity contribution < 1.29 is 9.53 Å². The van der Waals surface area contributed by atoms with Crippen LogP contribution < -0.4 is 11.1 Å². The van der Waals surface area contributed by atoms with Crippen LogP contribution in [-0.4, -0.2) is 54.7 Å². The lowest BCUT2D eigenvalue weighted by atomic mass is 9.85. The minimum absolute atomic E-state index is 0.0169. The maximum Gasteiger partial charge on any atom is 0.233 e. The van der Waals surface area contributed by atoms with E-state index in [1.54, 1.807) is 0 Å². The predicted molar refractivity (Wildman–Crippen MR) is 82.6 cm³/mol. The minimum Gasteiger partial charge on any atom is -0.392 e. The molecule has 1 aliphatic heterocycles. The van der Waals surface area contributed by atoms with Crippen molar-refractivity contribution in [3.63, 3.8) is 0 Å². The zero-order valence-electron chi connectivity index (χ0n) is 12.2. The second-order valence-electron chi connectivity index (χ2n) is 5.94. The highest BCUT2D eigenvalue weighted by Gasteiger charge is 2.44. The van der Waals surface area contributed by atoms with E-state index in [4.69, 9.17) is 22.7 Å². The van der Waals surface area contributed by atoms with Crippen LogP contribution in [0.4, 0.5) is 0 Å². The van der Waals surface area contributed by atoms with Crippen LogP contribution in [0.3, 0.4) is 0 Å². The molecule has 5 nitrogen and oxygen atoms in total. The van der Waals surface area contributed by atoms with Crippen LogP contribution in [-0.2, 0) is 9.53 Å². The number of carbonyl (C=O) groups excluding carboxylic acids is 1. The molecule has 1 aliphatic carbocycles. The number of hydrogen-bond acceptors (Lipinski definition) is 4. The first-order chi connectivity index (χ1) is 9.54. The maximum absolute atomic E-state index is 12.5. The van der Waals surface area contributed by atoms with Crippen molar-refractivity contribution in [2.24, 2.45) is 11.1 Å². The van der Waals surface area contributed by atoms with Gasteiger partial charge in [0.1, 0.15) is 0 Å². The van der Waals surface area contributed by atoms with Crippen LogP contribution in [0.15, 0.2) is 0 Å². The Bertz CT molecular complexity index is 363. The molecule has 1 saturated heterocycles. The van der Waals surface area contributed by atoms with Crippen molar-refractivity contribution in [2.75, 3.05) is 32.8 Å². The van der Waals surface area contributed by atoms with Gasteiger partial charge >= 0.3 is 0 Å². The van der Waals surface area contributed by atoms with Crippen molar-refractivity contribution in [3.05, 3.63) is 0 Å². The van der Waals surface area contributed by atoms with E-state index in [0.29, 0.717) is 4.99 Å². The van der Waals surface area contributed by atoms with E-state index in [1.807, 2.05) is 6.92 Å². The number of thiocarbonyl (C=S) groups is 1. The molecular weight excluding hydrogens is 274 g/mol. The van der Waals surface area contributed by atoms with E-state index in [-0.39, 0.29) is 11.9 Å². The summed E-state index contributed by atoms with van der Waals surface area (Å²) < 4.78 is 5.33. The maximum atomic E-state index is 12.5. The molecule has 3 N–H and O–H groups in total. The molecule has 0 aromatic rings. The summed E-state index contributed by atoms with van der Waals surface area (Å²) in [6.45, 7) is 6.30. The summed E-state index contributed by atoms with van der Waals surface area (Å²) in [7, 11) is 0. The predicted octanol–water partition coefficient (Wildman–Crippen LogP) is 0.670. The average molecular weight is 299 g/mol. The number of nitrogens with zero attached hydrogens (tertiary/aromatic N) is 1. The van der Waals surface area contributed by atoms with Crippen LogP contribution in [0.1, 0.15) is 32.6 Å². The van der Waals surface area contributed by atoms with Crippen molar-refractivity contribution in [1.82, 2.24) is 10.2 Å². The van der Waals surface area contributed by atoms with Gasteiger partial charge in [-0.2, -0.15) is 0 Å². The fraction of sp³-hybridized carbons (Fsp3) is 0.857.